The molecular formula is C20H14N8O2. The molecule has 0 spiro atoms. The van der Waals surface area contributed by atoms with Crippen molar-refractivity contribution in [3.63, 3.8) is 0 Å². The predicted molar refractivity (Wildman–Crippen MR) is 109 cm³/mol. The van der Waals surface area contributed by atoms with E-state index in [-0.39, 0.29) is 11.5 Å². The van der Waals surface area contributed by atoms with Crippen molar-refractivity contribution in [2.45, 2.75) is 0 Å². The van der Waals surface area contributed by atoms with E-state index in [0.29, 0.717) is 28.0 Å². The molecule has 0 saturated carbocycles. The molecule has 2 N–H and O–H groups in total. The van der Waals surface area contributed by atoms with Crippen molar-refractivity contribution in [3.8, 4) is 11.4 Å². The maximum atomic E-state index is 12.6. The number of hydrogen-bond acceptors (Lipinski definition) is 6. The van der Waals surface area contributed by atoms with Gasteiger partial charge in [0.1, 0.15) is 5.39 Å². The van der Waals surface area contributed by atoms with Gasteiger partial charge in [-0.3, -0.25) is 9.59 Å². The Kier molecular flexibility index (Phi) is 4.14. The second-order valence-corrected chi connectivity index (χ2v) is 6.42. The van der Waals surface area contributed by atoms with Crippen molar-refractivity contribution < 1.29 is 4.79 Å². The van der Waals surface area contributed by atoms with Crippen molar-refractivity contribution in [2.75, 3.05) is 5.32 Å². The monoisotopic (exact) mass is 398 g/mol. The zero-order chi connectivity index (χ0) is 20.5. The quantitative estimate of drug-likeness (QED) is 0.477. The number of anilines is 1. The number of fused-ring (bicyclic) bond motifs is 1. The Bertz CT molecular complexity index is 1400. The number of nitrogens with zero attached hydrogens (tertiary/aromatic N) is 6. The summed E-state index contributed by atoms with van der Waals surface area (Å²) < 4.78 is 3.15. The Balaban J connectivity index is 1.37. The van der Waals surface area contributed by atoms with Crippen molar-refractivity contribution >= 4 is 22.6 Å². The molecule has 1 amide bonds. The van der Waals surface area contributed by atoms with Crippen LogP contribution in [-0.4, -0.2) is 40.6 Å². The Morgan fingerprint density at radius 1 is 1.07 bits per heavy atom. The van der Waals surface area contributed by atoms with Gasteiger partial charge < -0.3 is 10.3 Å². The number of carbonyl (C=O) groups is 1. The fourth-order valence-corrected chi connectivity index (χ4v) is 3.07. The van der Waals surface area contributed by atoms with E-state index in [2.05, 4.69) is 30.7 Å². The first kappa shape index (κ1) is 17.5. The maximum Gasteiger partial charge on any atom is 0.261 e. The molecule has 0 unspecified atom stereocenters. The molecule has 0 aliphatic carbocycles. The minimum Gasteiger partial charge on any atom is -0.322 e. The number of hydrogen-bond donors (Lipinski definition) is 2. The molecule has 0 saturated heterocycles. The first-order valence-electron chi connectivity index (χ1n) is 8.99. The lowest BCUT2D eigenvalue weighted by molar-refractivity contribution is 0.102. The SMILES string of the molecule is O=C(Nc1ccc(-n2ncc3c(=O)[nH]cnc32)cc1)c1cccc(-n2ccnn2)c1. The Hall–Kier alpha value is -4.60. The van der Waals surface area contributed by atoms with Gasteiger partial charge in [-0.15, -0.1) is 5.10 Å². The molecule has 5 rings (SSSR count). The Morgan fingerprint density at radius 3 is 2.73 bits per heavy atom. The summed E-state index contributed by atoms with van der Waals surface area (Å²) in [5.41, 5.74) is 2.78. The number of rotatable bonds is 4. The number of H-pyrrole nitrogens is 1. The topological polar surface area (TPSA) is 123 Å². The third-order valence-electron chi connectivity index (χ3n) is 4.54. The highest BCUT2D eigenvalue weighted by Gasteiger charge is 2.11. The van der Waals surface area contributed by atoms with Gasteiger partial charge >= 0.3 is 0 Å². The van der Waals surface area contributed by atoms with Crippen molar-refractivity contribution in [3.05, 3.63) is 89.4 Å². The molecule has 3 aromatic heterocycles. The first-order valence-corrected chi connectivity index (χ1v) is 8.99. The van der Waals surface area contributed by atoms with Crippen LogP contribution >= 0.6 is 0 Å². The summed E-state index contributed by atoms with van der Waals surface area (Å²) in [4.78, 5) is 31.2. The number of benzene rings is 2. The smallest absolute Gasteiger partial charge is 0.261 e. The molecule has 0 aliphatic rings. The Morgan fingerprint density at radius 2 is 1.93 bits per heavy atom. The summed E-state index contributed by atoms with van der Waals surface area (Å²) in [5.74, 6) is -0.248. The maximum absolute atomic E-state index is 12.6. The Labute approximate surface area is 168 Å². The van der Waals surface area contributed by atoms with E-state index in [4.69, 9.17) is 0 Å². The van der Waals surface area contributed by atoms with Crippen LogP contribution in [0.25, 0.3) is 22.4 Å². The van der Waals surface area contributed by atoms with Crippen molar-refractivity contribution in [1.82, 2.24) is 34.7 Å². The standard InChI is InChI=1S/C20H14N8O2/c29-19(13-2-1-3-16(10-13)27-9-8-23-26-27)25-14-4-6-15(7-5-14)28-18-17(11-24-28)20(30)22-12-21-18/h1-12H,(H,25,29)(H,21,22,30). The number of nitrogens with one attached hydrogen (secondary N) is 2. The second-order valence-electron chi connectivity index (χ2n) is 6.42. The molecule has 5 aromatic rings. The molecule has 2 aromatic carbocycles. The highest BCUT2D eigenvalue weighted by atomic mass is 16.1. The first-order chi connectivity index (χ1) is 14.7. The molecule has 10 nitrogen and oxygen atoms in total. The van der Waals surface area contributed by atoms with Gasteiger partial charge in [0.05, 0.1) is 36.3 Å². The van der Waals surface area contributed by atoms with E-state index in [1.165, 1.54) is 12.5 Å². The van der Waals surface area contributed by atoms with Gasteiger partial charge in [-0.1, -0.05) is 11.3 Å². The van der Waals surface area contributed by atoms with E-state index in [1.54, 1.807) is 64.2 Å². The third kappa shape index (κ3) is 3.11. The fraction of sp³-hybridized carbons (Fsp3) is 0. The van der Waals surface area contributed by atoms with E-state index in [0.717, 1.165) is 5.69 Å². The van der Waals surface area contributed by atoms with Gasteiger partial charge in [-0.25, -0.2) is 14.3 Å². The lowest BCUT2D eigenvalue weighted by Gasteiger charge is -2.08. The number of aromatic nitrogens is 7. The minimum atomic E-state index is -0.248. The highest BCUT2D eigenvalue weighted by molar-refractivity contribution is 6.04. The van der Waals surface area contributed by atoms with E-state index < -0.39 is 0 Å². The largest absolute Gasteiger partial charge is 0.322 e. The minimum absolute atomic E-state index is 0.247. The van der Waals surface area contributed by atoms with Crippen LogP contribution in [0, 0.1) is 0 Å². The second kappa shape index (κ2) is 7.09. The third-order valence-corrected chi connectivity index (χ3v) is 4.54. The number of amides is 1. The van der Waals surface area contributed by atoms with Gasteiger partial charge in [0.2, 0.25) is 0 Å². The van der Waals surface area contributed by atoms with Crippen molar-refractivity contribution in [1.29, 1.82) is 0 Å². The van der Waals surface area contributed by atoms with Crippen LogP contribution in [0.1, 0.15) is 10.4 Å². The molecule has 0 radical (unpaired) electrons. The average molecular weight is 398 g/mol. The van der Waals surface area contributed by atoms with E-state index in [1.807, 2.05) is 6.07 Å². The highest BCUT2D eigenvalue weighted by Crippen LogP contribution is 2.17. The summed E-state index contributed by atoms with van der Waals surface area (Å²) in [6.45, 7) is 0. The van der Waals surface area contributed by atoms with Gasteiger partial charge in [0, 0.05) is 11.3 Å². The lowest BCUT2D eigenvalue weighted by atomic mass is 10.2. The molecule has 3 heterocycles. The zero-order valence-corrected chi connectivity index (χ0v) is 15.4. The fourth-order valence-electron chi connectivity index (χ4n) is 3.07. The summed E-state index contributed by atoms with van der Waals surface area (Å²) in [6.07, 6.45) is 6.09. The summed E-state index contributed by atoms with van der Waals surface area (Å²) in [5, 5.41) is 15.2. The number of carbonyl (C=O) groups excluding carboxylic acids is 1. The van der Waals surface area contributed by atoms with Gasteiger partial charge in [0.25, 0.3) is 11.5 Å². The van der Waals surface area contributed by atoms with Gasteiger partial charge in [0.15, 0.2) is 5.65 Å². The number of aromatic amines is 1. The van der Waals surface area contributed by atoms with Gasteiger partial charge in [-0.2, -0.15) is 5.10 Å². The average Bonchev–Trinajstić information content (AvgIpc) is 3.45. The molecule has 0 bridgehead atoms. The van der Waals surface area contributed by atoms with Crippen LogP contribution in [0.3, 0.4) is 0 Å². The van der Waals surface area contributed by atoms with Crippen LogP contribution in [0.2, 0.25) is 0 Å². The normalized spacial score (nSPS) is 10.9. The molecule has 0 aliphatic heterocycles. The lowest BCUT2D eigenvalue weighted by Crippen LogP contribution is -2.12. The molecule has 0 fully saturated rings. The summed E-state index contributed by atoms with van der Waals surface area (Å²) in [6, 6.07) is 14.2. The van der Waals surface area contributed by atoms with Crippen molar-refractivity contribution in [2.24, 2.45) is 0 Å². The van der Waals surface area contributed by atoms with Crippen LogP contribution in [0.15, 0.2) is 78.2 Å². The van der Waals surface area contributed by atoms with Crippen LogP contribution in [0.5, 0.6) is 0 Å². The van der Waals surface area contributed by atoms with Crippen LogP contribution in [0.4, 0.5) is 5.69 Å². The molecule has 10 heteroatoms. The molecular weight excluding hydrogens is 384 g/mol. The van der Waals surface area contributed by atoms with Gasteiger partial charge in [-0.05, 0) is 42.5 Å². The van der Waals surface area contributed by atoms with E-state index >= 15 is 0 Å². The summed E-state index contributed by atoms with van der Waals surface area (Å²) in [7, 11) is 0. The van der Waals surface area contributed by atoms with Crippen LogP contribution in [-0.2, 0) is 0 Å². The zero-order valence-electron chi connectivity index (χ0n) is 15.4. The summed E-state index contributed by atoms with van der Waals surface area (Å²) >= 11 is 0. The molecule has 30 heavy (non-hydrogen) atoms. The molecule has 146 valence electrons. The predicted octanol–water partition coefficient (Wildman–Crippen LogP) is 1.94. The molecule has 0 atom stereocenters. The van der Waals surface area contributed by atoms with Crippen LogP contribution < -0.4 is 10.9 Å². The van der Waals surface area contributed by atoms with E-state index in [9.17, 15) is 9.59 Å².